The fourth-order valence-corrected chi connectivity index (χ4v) is 0.751. The molecule has 3 N–H and O–H groups in total. The lowest BCUT2D eigenvalue weighted by Gasteiger charge is -2.06. The van der Waals surface area contributed by atoms with Gasteiger partial charge in [0, 0.05) is 6.07 Å². The molecule has 0 aliphatic carbocycles. The zero-order valence-corrected chi connectivity index (χ0v) is 6.87. The lowest BCUT2D eigenvalue weighted by atomic mass is 10.3. The Labute approximate surface area is 71.1 Å². The van der Waals surface area contributed by atoms with Crippen molar-refractivity contribution in [1.82, 2.24) is 5.59 Å². The minimum Gasteiger partial charge on any atom is -0.508 e. The van der Waals surface area contributed by atoms with Crippen molar-refractivity contribution in [3.63, 3.8) is 0 Å². The average Bonchev–Trinajstić information content (AvgIpc) is 2.05. The van der Waals surface area contributed by atoms with Crippen LogP contribution in [0.2, 0.25) is 0 Å². The predicted octanol–water partition coefficient (Wildman–Crippen LogP) is 1.26. The molecule has 0 aromatic heterocycles. The van der Waals surface area contributed by atoms with Crippen LogP contribution < -0.4 is 11.0 Å². The van der Waals surface area contributed by atoms with Crippen molar-refractivity contribution < 1.29 is 9.94 Å². The highest BCUT2D eigenvalue weighted by Crippen LogP contribution is 2.13. The van der Waals surface area contributed by atoms with Crippen molar-refractivity contribution >= 4 is 5.69 Å². The first-order valence-electron chi connectivity index (χ1n) is 3.74. The van der Waals surface area contributed by atoms with Crippen LogP contribution in [0.5, 0.6) is 5.75 Å². The van der Waals surface area contributed by atoms with Crippen molar-refractivity contribution in [3.8, 4) is 5.75 Å². The number of benzene rings is 1. The number of phenols is 1. The van der Waals surface area contributed by atoms with Crippen LogP contribution in [0.3, 0.4) is 0 Å². The maximum Gasteiger partial charge on any atom is 0.117 e. The molecule has 0 unspecified atom stereocenters. The Kier molecular flexibility index (Phi) is 3.37. The summed E-state index contributed by atoms with van der Waals surface area (Å²) < 4.78 is 0. The van der Waals surface area contributed by atoms with Gasteiger partial charge in [-0.1, -0.05) is 6.07 Å². The van der Waals surface area contributed by atoms with E-state index in [1.54, 1.807) is 18.2 Å². The predicted molar refractivity (Wildman–Crippen MR) is 46.5 cm³/mol. The molecule has 0 fully saturated rings. The number of hydrazine groups is 1. The molecule has 0 aliphatic heterocycles. The first-order chi connectivity index (χ1) is 5.83. The minimum absolute atomic E-state index is 0.221. The zero-order valence-electron chi connectivity index (χ0n) is 6.87. The van der Waals surface area contributed by atoms with E-state index >= 15 is 0 Å². The van der Waals surface area contributed by atoms with Gasteiger partial charge >= 0.3 is 0 Å². The minimum atomic E-state index is 0.221. The third kappa shape index (κ3) is 2.77. The smallest absolute Gasteiger partial charge is 0.117 e. The fourth-order valence-electron chi connectivity index (χ4n) is 0.751. The number of aromatic hydroxyl groups is 1. The highest BCUT2D eigenvalue weighted by molar-refractivity contribution is 5.46. The summed E-state index contributed by atoms with van der Waals surface area (Å²) in [7, 11) is 0. The Morgan fingerprint density at radius 1 is 1.50 bits per heavy atom. The first kappa shape index (κ1) is 8.83. The molecule has 4 nitrogen and oxygen atoms in total. The molecule has 0 saturated carbocycles. The fraction of sp³-hybridized carbons (Fsp3) is 0.250. The second kappa shape index (κ2) is 4.58. The number of rotatable bonds is 4. The number of hydrogen-bond acceptors (Lipinski definition) is 4. The largest absolute Gasteiger partial charge is 0.508 e. The lowest BCUT2D eigenvalue weighted by Crippen LogP contribution is -2.21. The van der Waals surface area contributed by atoms with Crippen LogP contribution >= 0.6 is 0 Å². The average molecular weight is 168 g/mol. The molecule has 4 heteroatoms. The Morgan fingerprint density at radius 2 is 2.33 bits per heavy atom. The van der Waals surface area contributed by atoms with Gasteiger partial charge in [0.15, 0.2) is 0 Å². The molecule has 0 radical (unpaired) electrons. The van der Waals surface area contributed by atoms with Gasteiger partial charge in [-0.05, 0) is 19.1 Å². The molecular formula is C8H12N2O2. The monoisotopic (exact) mass is 168 g/mol. The van der Waals surface area contributed by atoms with Crippen molar-refractivity contribution in [2.45, 2.75) is 6.92 Å². The second-order valence-corrected chi connectivity index (χ2v) is 2.21. The third-order valence-electron chi connectivity index (χ3n) is 1.26. The number of nitrogens with one attached hydrogen (secondary N) is 2. The van der Waals surface area contributed by atoms with Gasteiger partial charge in [0.2, 0.25) is 0 Å². The molecule has 0 heterocycles. The summed E-state index contributed by atoms with van der Waals surface area (Å²) in [4.78, 5) is 4.83. The Morgan fingerprint density at radius 3 is 3.00 bits per heavy atom. The van der Waals surface area contributed by atoms with Crippen LogP contribution in [-0.4, -0.2) is 11.7 Å². The second-order valence-electron chi connectivity index (χ2n) is 2.21. The van der Waals surface area contributed by atoms with Crippen LogP contribution in [0.4, 0.5) is 5.69 Å². The van der Waals surface area contributed by atoms with Crippen molar-refractivity contribution in [3.05, 3.63) is 24.3 Å². The molecule has 1 aromatic carbocycles. The van der Waals surface area contributed by atoms with E-state index in [0.29, 0.717) is 6.61 Å². The molecule has 66 valence electrons. The SMILES string of the molecule is CCONNc1cccc(O)c1. The Bertz CT molecular complexity index is 240. The molecule has 1 rings (SSSR count). The van der Waals surface area contributed by atoms with Gasteiger partial charge in [-0.25, -0.2) is 0 Å². The molecule has 0 atom stereocenters. The van der Waals surface area contributed by atoms with Gasteiger partial charge in [-0.15, -0.1) is 5.59 Å². The number of anilines is 1. The zero-order chi connectivity index (χ0) is 8.81. The normalized spacial score (nSPS) is 9.75. The van der Waals surface area contributed by atoms with Crippen LogP contribution in [0.1, 0.15) is 6.92 Å². The van der Waals surface area contributed by atoms with E-state index in [0.717, 1.165) is 5.69 Å². The number of phenolic OH excluding ortho intramolecular Hbond substituents is 1. The quantitative estimate of drug-likeness (QED) is 0.468. The highest BCUT2D eigenvalue weighted by atomic mass is 16.7. The van der Waals surface area contributed by atoms with E-state index < -0.39 is 0 Å². The summed E-state index contributed by atoms with van der Waals surface area (Å²) in [6, 6.07) is 6.74. The maximum absolute atomic E-state index is 9.06. The highest BCUT2D eigenvalue weighted by Gasteiger charge is 1.90. The lowest BCUT2D eigenvalue weighted by molar-refractivity contribution is 0.0677. The van der Waals surface area contributed by atoms with Crippen LogP contribution in [-0.2, 0) is 4.84 Å². The van der Waals surface area contributed by atoms with Crippen molar-refractivity contribution in [2.75, 3.05) is 12.0 Å². The van der Waals surface area contributed by atoms with Gasteiger partial charge in [-0.2, -0.15) is 0 Å². The summed E-state index contributed by atoms with van der Waals surface area (Å²) in [5, 5.41) is 9.06. The topological polar surface area (TPSA) is 53.5 Å². The van der Waals surface area contributed by atoms with Gasteiger partial charge in [0.05, 0.1) is 12.3 Å². The van der Waals surface area contributed by atoms with Gasteiger partial charge in [-0.3, -0.25) is 10.3 Å². The summed E-state index contributed by atoms with van der Waals surface area (Å²) in [5.41, 5.74) is 6.02. The van der Waals surface area contributed by atoms with Crippen LogP contribution in [0.25, 0.3) is 0 Å². The molecule has 0 amide bonds. The molecule has 12 heavy (non-hydrogen) atoms. The molecule has 1 aromatic rings. The van der Waals surface area contributed by atoms with E-state index in [9.17, 15) is 0 Å². The van der Waals surface area contributed by atoms with Crippen LogP contribution in [0.15, 0.2) is 24.3 Å². The number of hydrogen-bond donors (Lipinski definition) is 3. The van der Waals surface area contributed by atoms with E-state index in [1.165, 1.54) is 0 Å². The molecule has 0 saturated heterocycles. The van der Waals surface area contributed by atoms with Gasteiger partial charge in [0.1, 0.15) is 5.75 Å². The Hall–Kier alpha value is -1.26. The van der Waals surface area contributed by atoms with Gasteiger partial charge < -0.3 is 5.11 Å². The summed E-state index contributed by atoms with van der Waals surface area (Å²) in [6.07, 6.45) is 0. The van der Waals surface area contributed by atoms with E-state index in [1.807, 2.05) is 13.0 Å². The Balaban J connectivity index is 2.41. The molecule has 0 aliphatic rings. The molecule has 0 spiro atoms. The van der Waals surface area contributed by atoms with Crippen molar-refractivity contribution in [1.29, 1.82) is 0 Å². The third-order valence-corrected chi connectivity index (χ3v) is 1.26. The summed E-state index contributed by atoms with van der Waals surface area (Å²) in [6.45, 7) is 2.45. The summed E-state index contributed by atoms with van der Waals surface area (Å²) >= 11 is 0. The van der Waals surface area contributed by atoms with Gasteiger partial charge in [0.25, 0.3) is 0 Å². The van der Waals surface area contributed by atoms with E-state index in [4.69, 9.17) is 9.94 Å². The van der Waals surface area contributed by atoms with E-state index in [2.05, 4.69) is 11.0 Å². The molecule has 0 bridgehead atoms. The summed E-state index contributed by atoms with van der Waals surface area (Å²) in [5.74, 6) is 0.221. The van der Waals surface area contributed by atoms with E-state index in [-0.39, 0.29) is 5.75 Å². The van der Waals surface area contributed by atoms with Crippen LogP contribution in [0, 0.1) is 0 Å². The molecular weight excluding hydrogens is 156 g/mol. The standard InChI is InChI=1S/C8H12N2O2/c1-2-12-10-9-7-4-3-5-8(11)6-7/h3-6,9-11H,2H2,1H3. The maximum atomic E-state index is 9.06. The van der Waals surface area contributed by atoms with Crippen molar-refractivity contribution in [2.24, 2.45) is 0 Å². The first-order valence-corrected chi connectivity index (χ1v) is 3.74.